The highest BCUT2D eigenvalue weighted by molar-refractivity contribution is 5.94. The van der Waals surface area contributed by atoms with Crippen molar-refractivity contribution >= 4 is 23.7 Å². The average molecular weight is 401 g/mol. The quantitative estimate of drug-likeness (QED) is 0.384. The summed E-state index contributed by atoms with van der Waals surface area (Å²) in [6, 6.07) is 7.81. The van der Waals surface area contributed by atoms with Crippen molar-refractivity contribution < 1.29 is 44.2 Å². The predicted octanol–water partition coefficient (Wildman–Crippen LogP) is -6.07. The van der Waals surface area contributed by atoms with E-state index in [0.717, 1.165) is 24.2 Å². The molecule has 0 aliphatic carbocycles. The largest absolute Gasteiger partial charge is 1.00 e. The number of quaternary nitrogens is 2. The summed E-state index contributed by atoms with van der Waals surface area (Å²) in [5, 5.41) is 0. The van der Waals surface area contributed by atoms with Gasteiger partial charge >= 0.3 is 0 Å². The first-order chi connectivity index (χ1) is 11.4. The molecular weight excluding hydrogens is 371 g/mol. The van der Waals surface area contributed by atoms with Gasteiger partial charge in [0.1, 0.15) is 0 Å². The first kappa shape index (κ1) is 26.8. The number of benzene rings is 1. The van der Waals surface area contributed by atoms with Crippen LogP contribution in [-0.4, -0.2) is 52.8 Å². The van der Waals surface area contributed by atoms with Crippen molar-refractivity contribution in [1.82, 2.24) is 0 Å². The topological polar surface area (TPSA) is 43.0 Å². The van der Waals surface area contributed by atoms with Gasteiger partial charge in [0.2, 0.25) is 0 Å². The molecule has 0 fully saturated rings. The molecule has 26 heavy (non-hydrogen) atoms. The summed E-state index contributed by atoms with van der Waals surface area (Å²) in [5.74, 6) is 0.294. The van der Waals surface area contributed by atoms with Gasteiger partial charge in [-0.1, -0.05) is 36.4 Å². The number of allylic oxidation sites excluding steroid dienone is 2. The second kappa shape index (κ2) is 14.7. The highest BCUT2D eigenvalue weighted by atomic mass is 35.5. The maximum absolute atomic E-state index is 11.7. The Hall–Kier alpha value is -1.46. The fourth-order valence-corrected chi connectivity index (χ4v) is 2.01. The van der Waals surface area contributed by atoms with Crippen molar-refractivity contribution in [2.45, 2.75) is 12.8 Å². The lowest BCUT2D eigenvalue weighted by Gasteiger charge is -2.04. The number of halogens is 2. The SMILES string of the molecule is C[NH+](C)CCC(=O)/C=C/c1ccc(/C=C/C(=O)CC[NH+](C)C)cc1.[Cl-].[Cl-]. The van der Waals surface area contributed by atoms with Crippen molar-refractivity contribution in [3.05, 3.63) is 47.5 Å². The number of ketones is 2. The van der Waals surface area contributed by atoms with E-state index in [1.807, 2.05) is 64.6 Å². The van der Waals surface area contributed by atoms with Crippen LogP contribution in [0.25, 0.3) is 12.2 Å². The summed E-state index contributed by atoms with van der Waals surface area (Å²) in [6.07, 6.45) is 8.09. The zero-order valence-corrected chi connectivity index (χ0v) is 17.5. The minimum absolute atomic E-state index is 0. The van der Waals surface area contributed by atoms with Crippen LogP contribution in [0.2, 0.25) is 0 Å². The van der Waals surface area contributed by atoms with E-state index in [0.29, 0.717) is 12.8 Å². The molecule has 0 unspecified atom stereocenters. The minimum atomic E-state index is 0. The van der Waals surface area contributed by atoms with Crippen molar-refractivity contribution in [3.63, 3.8) is 0 Å². The molecule has 0 heterocycles. The second-order valence-corrected chi connectivity index (χ2v) is 6.68. The molecule has 146 valence electrons. The molecule has 0 aliphatic heterocycles. The van der Waals surface area contributed by atoms with Gasteiger partial charge in [0.25, 0.3) is 0 Å². The van der Waals surface area contributed by atoms with Crippen LogP contribution in [0.3, 0.4) is 0 Å². The molecule has 6 heteroatoms. The van der Waals surface area contributed by atoms with Gasteiger partial charge in [-0.15, -0.1) is 0 Å². The standard InChI is InChI=1S/C20H28N2O2.2ClH/c1-21(2)15-13-19(23)11-9-17-5-7-18(8-6-17)10-12-20(24)14-16-22(3)4;;/h5-12H,13-16H2,1-4H3;2*1H/b11-9+,12-10+;;. The monoisotopic (exact) mass is 400 g/mol. The summed E-state index contributed by atoms with van der Waals surface area (Å²) in [5.41, 5.74) is 1.97. The molecule has 0 bridgehead atoms. The normalized spacial score (nSPS) is 11.0. The van der Waals surface area contributed by atoms with Gasteiger partial charge in [0, 0.05) is 0 Å². The van der Waals surface area contributed by atoms with Crippen LogP contribution >= 0.6 is 0 Å². The van der Waals surface area contributed by atoms with Crippen molar-refractivity contribution in [2.24, 2.45) is 0 Å². The zero-order chi connectivity index (χ0) is 17.9. The lowest BCUT2D eigenvalue weighted by Crippen LogP contribution is -3.05. The fourth-order valence-electron chi connectivity index (χ4n) is 2.01. The molecule has 0 atom stereocenters. The zero-order valence-electron chi connectivity index (χ0n) is 16.0. The summed E-state index contributed by atoms with van der Waals surface area (Å²) >= 11 is 0. The van der Waals surface area contributed by atoms with Gasteiger partial charge in [0.15, 0.2) is 11.6 Å². The fraction of sp³-hybridized carbons (Fsp3) is 0.400. The summed E-state index contributed by atoms with van der Waals surface area (Å²) in [7, 11) is 8.15. The molecule has 1 aromatic carbocycles. The lowest BCUT2D eigenvalue weighted by molar-refractivity contribution is -0.857. The van der Waals surface area contributed by atoms with E-state index < -0.39 is 0 Å². The van der Waals surface area contributed by atoms with E-state index in [-0.39, 0.29) is 36.4 Å². The number of rotatable bonds is 10. The second-order valence-electron chi connectivity index (χ2n) is 6.68. The Bertz CT molecular complexity index is 541. The van der Waals surface area contributed by atoms with E-state index in [1.165, 1.54) is 9.80 Å². The van der Waals surface area contributed by atoms with Crippen LogP contribution in [0.4, 0.5) is 0 Å². The molecule has 1 rings (SSSR count). The molecule has 2 N–H and O–H groups in total. The van der Waals surface area contributed by atoms with Crippen LogP contribution in [0.15, 0.2) is 36.4 Å². The Labute approximate surface area is 169 Å². The molecule has 0 radical (unpaired) electrons. The molecule has 0 saturated heterocycles. The number of nitrogens with one attached hydrogen (secondary N) is 2. The molecule has 0 saturated carbocycles. The highest BCUT2D eigenvalue weighted by Gasteiger charge is 2.01. The molecule has 0 spiro atoms. The Kier molecular flexibility index (Phi) is 15.1. The average Bonchev–Trinajstić information content (AvgIpc) is 2.55. The number of carbonyl (C=O) groups excluding carboxylic acids is 2. The molecule has 0 aliphatic rings. The van der Waals surface area contributed by atoms with Gasteiger partial charge in [-0.2, -0.15) is 0 Å². The summed E-state index contributed by atoms with van der Waals surface area (Å²) < 4.78 is 0. The summed E-state index contributed by atoms with van der Waals surface area (Å²) in [4.78, 5) is 26.0. The van der Waals surface area contributed by atoms with Crippen LogP contribution in [0.5, 0.6) is 0 Å². The molecule has 0 aromatic heterocycles. The Morgan fingerprint density at radius 2 is 1.04 bits per heavy atom. The summed E-state index contributed by atoms with van der Waals surface area (Å²) in [6.45, 7) is 1.69. The van der Waals surface area contributed by atoms with Crippen LogP contribution in [0, 0.1) is 0 Å². The van der Waals surface area contributed by atoms with Gasteiger partial charge in [-0.05, 0) is 23.3 Å². The van der Waals surface area contributed by atoms with Crippen LogP contribution in [-0.2, 0) is 9.59 Å². The molecule has 0 amide bonds. The third-order valence-corrected chi connectivity index (χ3v) is 3.60. The van der Waals surface area contributed by atoms with Gasteiger partial charge in [-0.3, -0.25) is 9.59 Å². The van der Waals surface area contributed by atoms with E-state index in [9.17, 15) is 9.59 Å². The molecule has 1 aromatic rings. The van der Waals surface area contributed by atoms with E-state index in [2.05, 4.69) is 0 Å². The number of carbonyl (C=O) groups is 2. The van der Waals surface area contributed by atoms with Crippen molar-refractivity contribution in [3.8, 4) is 0 Å². The smallest absolute Gasteiger partial charge is 0.161 e. The van der Waals surface area contributed by atoms with E-state index in [4.69, 9.17) is 0 Å². The number of hydrogen-bond donors (Lipinski definition) is 2. The number of hydrogen-bond acceptors (Lipinski definition) is 2. The first-order valence-electron chi connectivity index (χ1n) is 8.47. The third kappa shape index (κ3) is 12.8. The Balaban J connectivity index is 0. The van der Waals surface area contributed by atoms with Crippen LogP contribution < -0.4 is 34.6 Å². The van der Waals surface area contributed by atoms with E-state index >= 15 is 0 Å². The Morgan fingerprint density at radius 3 is 1.31 bits per heavy atom. The third-order valence-electron chi connectivity index (χ3n) is 3.60. The maximum Gasteiger partial charge on any atom is 0.161 e. The van der Waals surface area contributed by atoms with Crippen molar-refractivity contribution in [2.75, 3.05) is 41.3 Å². The van der Waals surface area contributed by atoms with Crippen LogP contribution in [0.1, 0.15) is 24.0 Å². The van der Waals surface area contributed by atoms with Gasteiger partial charge in [-0.25, -0.2) is 0 Å². The van der Waals surface area contributed by atoms with E-state index in [1.54, 1.807) is 12.2 Å². The highest BCUT2D eigenvalue weighted by Crippen LogP contribution is 2.08. The van der Waals surface area contributed by atoms with Gasteiger partial charge < -0.3 is 34.6 Å². The first-order valence-corrected chi connectivity index (χ1v) is 8.47. The Morgan fingerprint density at radius 1 is 0.731 bits per heavy atom. The van der Waals surface area contributed by atoms with Gasteiger partial charge in [0.05, 0.1) is 54.1 Å². The molecular formula is C20H30Cl2N2O2. The minimum Gasteiger partial charge on any atom is -1.00 e. The molecule has 4 nitrogen and oxygen atoms in total. The predicted molar refractivity (Wildman–Crippen MR) is 99.1 cm³/mol. The lowest BCUT2D eigenvalue weighted by atomic mass is 10.1. The van der Waals surface area contributed by atoms with Crippen molar-refractivity contribution in [1.29, 1.82) is 0 Å². The maximum atomic E-state index is 11.7.